The SMILES string of the molecule is BrCc1cc(-c2ccccc2)ccc1Br. The van der Waals surface area contributed by atoms with E-state index in [-0.39, 0.29) is 0 Å². The van der Waals surface area contributed by atoms with E-state index in [0.717, 1.165) is 9.80 Å². The molecular formula is C13H10Br2. The lowest BCUT2D eigenvalue weighted by molar-refractivity contribution is 1.40. The van der Waals surface area contributed by atoms with Crippen LogP contribution in [0.5, 0.6) is 0 Å². The van der Waals surface area contributed by atoms with E-state index >= 15 is 0 Å². The molecule has 0 saturated carbocycles. The van der Waals surface area contributed by atoms with Crippen molar-refractivity contribution in [3.05, 3.63) is 58.6 Å². The predicted molar refractivity (Wildman–Crippen MR) is 72.2 cm³/mol. The van der Waals surface area contributed by atoms with E-state index in [1.807, 2.05) is 6.07 Å². The summed E-state index contributed by atoms with van der Waals surface area (Å²) in [4.78, 5) is 0. The van der Waals surface area contributed by atoms with Gasteiger partial charge in [-0.05, 0) is 28.8 Å². The van der Waals surface area contributed by atoms with Gasteiger partial charge in [-0.1, -0.05) is 68.3 Å². The monoisotopic (exact) mass is 324 g/mol. The Balaban J connectivity index is 2.46. The van der Waals surface area contributed by atoms with Crippen molar-refractivity contribution in [1.82, 2.24) is 0 Å². The molecule has 0 aliphatic carbocycles. The molecular weight excluding hydrogens is 316 g/mol. The number of hydrogen-bond donors (Lipinski definition) is 0. The van der Waals surface area contributed by atoms with Gasteiger partial charge in [-0.15, -0.1) is 0 Å². The minimum absolute atomic E-state index is 0.869. The number of halogens is 2. The van der Waals surface area contributed by atoms with Crippen LogP contribution in [0.2, 0.25) is 0 Å². The number of benzene rings is 2. The third-order valence-corrected chi connectivity index (χ3v) is 3.67. The standard InChI is InChI=1S/C13H10Br2/c14-9-12-8-11(6-7-13(12)15)10-4-2-1-3-5-10/h1-8H,9H2. The van der Waals surface area contributed by atoms with E-state index < -0.39 is 0 Å². The molecule has 2 aromatic rings. The molecule has 2 rings (SSSR count). The third kappa shape index (κ3) is 2.50. The Labute approximate surface area is 107 Å². The highest BCUT2D eigenvalue weighted by molar-refractivity contribution is 9.10. The van der Waals surface area contributed by atoms with Gasteiger partial charge in [0.1, 0.15) is 0 Å². The number of hydrogen-bond acceptors (Lipinski definition) is 0. The highest BCUT2D eigenvalue weighted by Gasteiger charge is 2.01. The maximum absolute atomic E-state index is 3.53. The molecule has 0 spiro atoms. The molecule has 0 bridgehead atoms. The van der Waals surface area contributed by atoms with Gasteiger partial charge in [0.25, 0.3) is 0 Å². The highest BCUT2D eigenvalue weighted by atomic mass is 79.9. The Morgan fingerprint density at radius 2 is 1.60 bits per heavy atom. The van der Waals surface area contributed by atoms with Crippen molar-refractivity contribution in [2.24, 2.45) is 0 Å². The van der Waals surface area contributed by atoms with Crippen LogP contribution >= 0.6 is 31.9 Å². The lowest BCUT2D eigenvalue weighted by Crippen LogP contribution is -1.83. The molecule has 0 saturated heterocycles. The van der Waals surface area contributed by atoms with Crippen LogP contribution in [-0.2, 0) is 5.33 Å². The van der Waals surface area contributed by atoms with Crippen molar-refractivity contribution >= 4 is 31.9 Å². The van der Waals surface area contributed by atoms with Crippen molar-refractivity contribution in [1.29, 1.82) is 0 Å². The summed E-state index contributed by atoms with van der Waals surface area (Å²) in [6.45, 7) is 0. The largest absolute Gasteiger partial charge is 0.0876 e. The molecule has 0 atom stereocenters. The van der Waals surface area contributed by atoms with Crippen molar-refractivity contribution in [3.63, 3.8) is 0 Å². The molecule has 2 aromatic carbocycles. The second kappa shape index (κ2) is 4.95. The summed E-state index contributed by atoms with van der Waals surface area (Å²) in [6, 6.07) is 16.8. The topological polar surface area (TPSA) is 0 Å². The van der Waals surface area contributed by atoms with E-state index in [2.05, 4.69) is 74.3 Å². The summed E-state index contributed by atoms with van der Waals surface area (Å²) in [5.74, 6) is 0. The van der Waals surface area contributed by atoms with Gasteiger partial charge in [-0.25, -0.2) is 0 Å². The molecule has 0 N–H and O–H groups in total. The Hall–Kier alpha value is -0.600. The Morgan fingerprint density at radius 3 is 2.27 bits per heavy atom. The maximum Gasteiger partial charge on any atom is 0.0294 e. The van der Waals surface area contributed by atoms with Crippen molar-refractivity contribution < 1.29 is 0 Å². The van der Waals surface area contributed by atoms with Gasteiger partial charge in [0, 0.05) is 9.80 Å². The quantitative estimate of drug-likeness (QED) is 0.681. The van der Waals surface area contributed by atoms with E-state index in [9.17, 15) is 0 Å². The Bertz CT molecular complexity index is 449. The van der Waals surface area contributed by atoms with Gasteiger partial charge in [0.15, 0.2) is 0 Å². The van der Waals surface area contributed by atoms with E-state index in [0.29, 0.717) is 0 Å². The van der Waals surface area contributed by atoms with Crippen molar-refractivity contribution in [2.75, 3.05) is 0 Å². The van der Waals surface area contributed by atoms with Crippen LogP contribution in [0.15, 0.2) is 53.0 Å². The van der Waals surface area contributed by atoms with Gasteiger partial charge in [0.05, 0.1) is 0 Å². The summed E-state index contributed by atoms with van der Waals surface area (Å²) in [5, 5.41) is 0.869. The molecule has 0 radical (unpaired) electrons. The normalized spacial score (nSPS) is 10.3. The minimum atomic E-state index is 0.869. The zero-order valence-electron chi connectivity index (χ0n) is 8.08. The zero-order chi connectivity index (χ0) is 10.7. The van der Waals surface area contributed by atoms with Gasteiger partial charge >= 0.3 is 0 Å². The first-order valence-electron chi connectivity index (χ1n) is 4.71. The Kier molecular flexibility index (Phi) is 3.60. The summed E-state index contributed by atoms with van der Waals surface area (Å²) in [5.41, 5.74) is 3.79. The smallest absolute Gasteiger partial charge is 0.0294 e. The minimum Gasteiger partial charge on any atom is -0.0876 e. The zero-order valence-corrected chi connectivity index (χ0v) is 11.3. The number of alkyl halides is 1. The van der Waals surface area contributed by atoms with Crippen molar-refractivity contribution in [2.45, 2.75) is 5.33 Å². The first-order chi connectivity index (χ1) is 7.31. The van der Waals surface area contributed by atoms with Crippen LogP contribution in [0.1, 0.15) is 5.56 Å². The molecule has 0 nitrogen and oxygen atoms in total. The average molecular weight is 326 g/mol. The van der Waals surface area contributed by atoms with E-state index in [4.69, 9.17) is 0 Å². The molecule has 0 fully saturated rings. The third-order valence-electron chi connectivity index (χ3n) is 2.30. The average Bonchev–Trinajstić information content (AvgIpc) is 2.31. The molecule has 0 aromatic heterocycles. The predicted octanol–water partition coefficient (Wildman–Crippen LogP) is 5.01. The first kappa shape index (κ1) is 10.9. The molecule has 15 heavy (non-hydrogen) atoms. The summed E-state index contributed by atoms with van der Waals surface area (Å²) in [7, 11) is 0. The first-order valence-corrected chi connectivity index (χ1v) is 6.62. The van der Waals surface area contributed by atoms with Crippen LogP contribution in [0.25, 0.3) is 11.1 Å². The summed E-state index contributed by atoms with van der Waals surface area (Å²) in [6.07, 6.45) is 0. The summed E-state index contributed by atoms with van der Waals surface area (Å²) >= 11 is 7.02. The fraction of sp³-hybridized carbons (Fsp3) is 0.0769. The second-order valence-corrected chi connectivity index (χ2v) is 4.72. The lowest BCUT2D eigenvalue weighted by Gasteiger charge is -2.05. The molecule has 0 aliphatic rings. The van der Waals surface area contributed by atoms with Gasteiger partial charge in [-0.3, -0.25) is 0 Å². The molecule has 0 aliphatic heterocycles. The van der Waals surface area contributed by atoms with Gasteiger partial charge in [-0.2, -0.15) is 0 Å². The fourth-order valence-electron chi connectivity index (χ4n) is 1.49. The van der Waals surface area contributed by atoms with Crippen LogP contribution in [0, 0.1) is 0 Å². The maximum atomic E-state index is 3.53. The highest BCUT2D eigenvalue weighted by Crippen LogP contribution is 2.26. The molecule has 2 heteroatoms. The molecule has 0 heterocycles. The molecule has 0 unspecified atom stereocenters. The van der Waals surface area contributed by atoms with Crippen LogP contribution in [0.4, 0.5) is 0 Å². The number of rotatable bonds is 2. The fourth-order valence-corrected chi connectivity index (χ4v) is 2.71. The van der Waals surface area contributed by atoms with Crippen LogP contribution < -0.4 is 0 Å². The summed E-state index contributed by atoms with van der Waals surface area (Å²) < 4.78 is 1.15. The molecule has 76 valence electrons. The Morgan fingerprint density at radius 1 is 0.867 bits per heavy atom. The van der Waals surface area contributed by atoms with Gasteiger partial charge < -0.3 is 0 Å². The van der Waals surface area contributed by atoms with Gasteiger partial charge in [0.2, 0.25) is 0 Å². The van der Waals surface area contributed by atoms with Crippen molar-refractivity contribution in [3.8, 4) is 11.1 Å². The lowest BCUT2D eigenvalue weighted by atomic mass is 10.0. The van der Waals surface area contributed by atoms with Crippen LogP contribution in [0.3, 0.4) is 0 Å². The molecule has 0 amide bonds. The van der Waals surface area contributed by atoms with E-state index in [1.165, 1.54) is 16.7 Å². The second-order valence-electron chi connectivity index (χ2n) is 3.31. The van der Waals surface area contributed by atoms with Crippen LogP contribution in [-0.4, -0.2) is 0 Å². The van der Waals surface area contributed by atoms with E-state index in [1.54, 1.807) is 0 Å².